The molecule has 13 heavy (non-hydrogen) atoms. The number of carbonyl (C=O) groups is 1. The van der Waals surface area contributed by atoms with Crippen LogP contribution in [0, 0.1) is 0 Å². The first-order valence-corrected chi connectivity index (χ1v) is 5.21. The van der Waals surface area contributed by atoms with Crippen molar-refractivity contribution in [2.75, 3.05) is 5.75 Å². The molecule has 0 N–H and O–H groups in total. The summed E-state index contributed by atoms with van der Waals surface area (Å²) >= 11 is 17.4. The number of aromatic nitrogens is 2. The van der Waals surface area contributed by atoms with Gasteiger partial charge in [-0.1, -0.05) is 23.4 Å². The van der Waals surface area contributed by atoms with Gasteiger partial charge in [-0.25, -0.2) is 9.97 Å². The number of hydrogen-bond acceptors (Lipinski definition) is 4. The van der Waals surface area contributed by atoms with Crippen LogP contribution in [0.4, 0.5) is 0 Å². The summed E-state index contributed by atoms with van der Waals surface area (Å²) < 4.78 is 0. The van der Waals surface area contributed by atoms with Gasteiger partial charge < -0.3 is 0 Å². The van der Waals surface area contributed by atoms with Crippen LogP contribution >= 0.6 is 46.6 Å². The molecule has 7 heteroatoms. The molecule has 0 fully saturated rings. The lowest BCUT2D eigenvalue weighted by Crippen LogP contribution is -1.92. The van der Waals surface area contributed by atoms with E-state index in [9.17, 15) is 4.79 Å². The van der Waals surface area contributed by atoms with Gasteiger partial charge in [-0.05, 0) is 23.2 Å². The van der Waals surface area contributed by atoms with E-state index in [0.29, 0.717) is 5.03 Å². The second-order valence-electron chi connectivity index (χ2n) is 1.94. The monoisotopic (exact) mass is 256 g/mol. The van der Waals surface area contributed by atoms with E-state index in [1.54, 1.807) is 0 Å². The van der Waals surface area contributed by atoms with Gasteiger partial charge in [-0.15, -0.1) is 0 Å². The lowest BCUT2D eigenvalue weighted by Gasteiger charge is -1.98. The predicted molar refractivity (Wildman–Crippen MR) is 53.6 cm³/mol. The summed E-state index contributed by atoms with van der Waals surface area (Å²) in [7, 11) is 0. The SMILES string of the molecule is O=C(Cl)CSc1cc(Cl)nc(Cl)n1. The van der Waals surface area contributed by atoms with Gasteiger partial charge in [-0.3, -0.25) is 4.79 Å². The molecule has 0 bridgehead atoms. The Hall–Kier alpha value is -0.0300. The van der Waals surface area contributed by atoms with E-state index in [1.165, 1.54) is 6.07 Å². The highest BCUT2D eigenvalue weighted by Gasteiger charge is 2.03. The van der Waals surface area contributed by atoms with Crippen molar-refractivity contribution in [1.29, 1.82) is 0 Å². The topological polar surface area (TPSA) is 42.9 Å². The zero-order valence-corrected chi connectivity index (χ0v) is 9.21. The van der Waals surface area contributed by atoms with E-state index in [2.05, 4.69) is 9.97 Å². The standard InChI is InChI=1S/C6H3Cl3N2OS/c7-3-1-5(11-6(9)10-3)13-2-4(8)12/h1H,2H2. The van der Waals surface area contributed by atoms with Crippen LogP contribution in [0.25, 0.3) is 0 Å². The zero-order valence-electron chi connectivity index (χ0n) is 6.13. The lowest BCUT2D eigenvalue weighted by atomic mass is 10.7. The molecule has 1 aromatic heterocycles. The minimum Gasteiger partial charge on any atom is -0.280 e. The van der Waals surface area contributed by atoms with Crippen molar-refractivity contribution in [1.82, 2.24) is 9.97 Å². The van der Waals surface area contributed by atoms with E-state index in [1.807, 2.05) is 0 Å². The molecule has 3 nitrogen and oxygen atoms in total. The molecule has 0 aliphatic carbocycles. The van der Waals surface area contributed by atoms with Crippen LogP contribution in [-0.4, -0.2) is 21.0 Å². The smallest absolute Gasteiger partial charge is 0.231 e. The number of thioether (sulfide) groups is 1. The number of carbonyl (C=O) groups excluding carboxylic acids is 1. The summed E-state index contributed by atoms with van der Waals surface area (Å²) in [5.74, 6) is 0.130. The summed E-state index contributed by atoms with van der Waals surface area (Å²) in [4.78, 5) is 17.9. The van der Waals surface area contributed by atoms with Crippen LogP contribution in [0.2, 0.25) is 10.4 Å². The van der Waals surface area contributed by atoms with Crippen molar-refractivity contribution in [3.8, 4) is 0 Å². The molecule has 1 aromatic rings. The van der Waals surface area contributed by atoms with Crippen molar-refractivity contribution in [2.45, 2.75) is 5.03 Å². The zero-order chi connectivity index (χ0) is 9.84. The van der Waals surface area contributed by atoms with Gasteiger partial charge in [0.2, 0.25) is 10.5 Å². The highest BCUT2D eigenvalue weighted by Crippen LogP contribution is 2.20. The molecular formula is C6H3Cl3N2OS. The summed E-state index contributed by atoms with van der Waals surface area (Å²) in [5.41, 5.74) is 0. The molecule has 1 rings (SSSR count). The number of hydrogen-bond donors (Lipinski definition) is 0. The first-order chi connectivity index (χ1) is 6.08. The second kappa shape index (κ2) is 5.00. The van der Waals surface area contributed by atoms with E-state index in [0.717, 1.165) is 11.8 Å². The van der Waals surface area contributed by atoms with E-state index in [4.69, 9.17) is 34.8 Å². The molecule has 0 atom stereocenters. The average Bonchev–Trinajstić information content (AvgIpc) is 1.99. The molecule has 0 saturated heterocycles. The third kappa shape index (κ3) is 4.13. The Kier molecular flexibility index (Phi) is 4.25. The molecule has 70 valence electrons. The molecule has 0 saturated carbocycles. The maximum Gasteiger partial charge on any atom is 0.231 e. The molecule has 1 heterocycles. The predicted octanol–water partition coefficient (Wildman–Crippen LogP) is 2.64. The van der Waals surface area contributed by atoms with Gasteiger partial charge in [0.25, 0.3) is 0 Å². The van der Waals surface area contributed by atoms with Crippen molar-refractivity contribution in [3.05, 3.63) is 16.5 Å². The molecule has 0 unspecified atom stereocenters. The van der Waals surface area contributed by atoms with Gasteiger partial charge in [0.15, 0.2) is 0 Å². The van der Waals surface area contributed by atoms with E-state index >= 15 is 0 Å². The minimum absolute atomic E-state index is 0.0528. The summed E-state index contributed by atoms with van der Waals surface area (Å²) in [5, 5.41) is 0.372. The fourth-order valence-electron chi connectivity index (χ4n) is 0.575. The number of halogens is 3. The largest absolute Gasteiger partial charge is 0.280 e. The maximum atomic E-state index is 10.4. The Morgan fingerprint density at radius 2 is 2.15 bits per heavy atom. The summed E-state index contributed by atoms with van der Waals surface area (Å²) in [6.07, 6.45) is 0. The fourth-order valence-corrected chi connectivity index (χ4v) is 1.87. The highest BCUT2D eigenvalue weighted by molar-refractivity contribution is 8.00. The van der Waals surface area contributed by atoms with Gasteiger partial charge >= 0.3 is 0 Å². The van der Waals surface area contributed by atoms with Crippen molar-refractivity contribution < 1.29 is 4.79 Å². The normalized spacial score (nSPS) is 10.1. The Labute approximate surface area is 93.8 Å². The van der Waals surface area contributed by atoms with Crippen LogP contribution in [0.1, 0.15) is 0 Å². The van der Waals surface area contributed by atoms with E-state index in [-0.39, 0.29) is 16.2 Å². The van der Waals surface area contributed by atoms with Gasteiger partial charge in [0.1, 0.15) is 10.2 Å². The van der Waals surface area contributed by atoms with Crippen LogP contribution in [0.3, 0.4) is 0 Å². The van der Waals surface area contributed by atoms with E-state index < -0.39 is 5.24 Å². The molecule has 0 aromatic carbocycles. The molecule has 0 spiro atoms. The van der Waals surface area contributed by atoms with Crippen LogP contribution in [0.15, 0.2) is 11.1 Å². The molecule has 0 aliphatic rings. The molecule has 0 aliphatic heterocycles. The van der Waals surface area contributed by atoms with Crippen LogP contribution in [-0.2, 0) is 4.79 Å². The molecule has 0 radical (unpaired) electrons. The maximum absolute atomic E-state index is 10.4. The fraction of sp³-hybridized carbons (Fsp3) is 0.167. The van der Waals surface area contributed by atoms with Crippen molar-refractivity contribution >= 4 is 51.8 Å². The first kappa shape index (κ1) is 11.0. The third-order valence-electron chi connectivity index (χ3n) is 0.978. The highest BCUT2D eigenvalue weighted by atomic mass is 35.5. The van der Waals surface area contributed by atoms with Crippen LogP contribution in [0.5, 0.6) is 0 Å². The lowest BCUT2D eigenvalue weighted by molar-refractivity contribution is -0.109. The van der Waals surface area contributed by atoms with Crippen LogP contribution < -0.4 is 0 Å². The average molecular weight is 258 g/mol. The summed E-state index contributed by atoms with van der Waals surface area (Å²) in [6, 6.07) is 1.51. The van der Waals surface area contributed by atoms with Gasteiger partial charge in [-0.2, -0.15) is 0 Å². The Morgan fingerprint density at radius 1 is 1.46 bits per heavy atom. The van der Waals surface area contributed by atoms with Crippen molar-refractivity contribution in [2.24, 2.45) is 0 Å². The summed E-state index contributed by atoms with van der Waals surface area (Å²) in [6.45, 7) is 0. The quantitative estimate of drug-likeness (QED) is 0.361. The second-order valence-corrected chi connectivity index (χ2v) is 4.08. The first-order valence-electron chi connectivity index (χ1n) is 3.09. The number of nitrogens with zero attached hydrogens (tertiary/aromatic N) is 2. The molecule has 0 amide bonds. The van der Waals surface area contributed by atoms with Gasteiger partial charge in [0, 0.05) is 6.07 Å². The third-order valence-corrected chi connectivity index (χ3v) is 2.54. The van der Waals surface area contributed by atoms with Crippen molar-refractivity contribution in [3.63, 3.8) is 0 Å². The molecular weight excluding hydrogens is 255 g/mol. The number of rotatable bonds is 3. The Bertz CT molecular complexity index is 313. The minimum atomic E-state index is -0.448. The Balaban J connectivity index is 2.71. The Morgan fingerprint density at radius 3 is 2.69 bits per heavy atom. The van der Waals surface area contributed by atoms with Gasteiger partial charge in [0.05, 0.1) is 5.75 Å².